The van der Waals surface area contributed by atoms with E-state index in [0.29, 0.717) is 0 Å². The number of rotatable bonds is 3. The summed E-state index contributed by atoms with van der Waals surface area (Å²) in [7, 11) is 0. The molecule has 0 radical (unpaired) electrons. The molecule has 0 heterocycles. The smallest absolute Gasteiger partial charge is 0.242 e. The van der Waals surface area contributed by atoms with Crippen molar-refractivity contribution in [2.75, 3.05) is 6.54 Å². The van der Waals surface area contributed by atoms with Gasteiger partial charge in [-0.2, -0.15) is 0 Å². The van der Waals surface area contributed by atoms with Gasteiger partial charge in [0.05, 0.1) is 0 Å². The minimum Gasteiger partial charge on any atom is -0.330 e. The van der Waals surface area contributed by atoms with Crippen molar-refractivity contribution in [1.29, 1.82) is 0 Å². The monoisotopic (exact) mass is 173 g/mol. The standard InChI is InChI=1S/C6H13F2N.ClH/c1-4(2)5(3-9)6(7)8;/h4-6H,3,9H2,1-2H3;1H. The van der Waals surface area contributed by atoms with E-state index in [9.17, 15) is 8.78 Å². The lowest BCUT2D eigenvalue weighted by Crippen LogP contribution is -2.26. The van der Waals surface area contributed by atoms with Crippen LogP contribution in [0.2, 0.25) is 0 Å². The fourth-order valence-corrected chi connectivity index (χ4v) is 0.666. The van der Waals surface area contributed by atoms with Crippen molar-refractivity contribution in [3.63, 3.8) is 0 Å². The summed E-state index contributed by atoms with van der Waals surface area (Å²) in [5.74, 6) is -0.653. The fraction of sp³-hybridized carbons (Fsp3) is 1.00. The van der Waals surface area contributed by atoms with Crippen LogP contribution in [0.3, 0.4) is 0 Å². The van der Waals surface area contributed by atoms with E-state index in [0.717, 1.165) is 0 Å². The van der Waals surface area contributed by atoms with E-state index in [-0.39, 0.29) is 24.9 Å². The first-order valence-electron chi connectivity index (χ1n) is 3.07. The van der Waals surface area contributed by atoms with E-state index < -0.39 is 12.3 Å². The molecule has 0 aliphatic carbocycles. The van der Waals surface area contributed by atoms with Crippen LogP contribution in [-0.2, 0) is 0 Å². The summed E-state index contributed by atoms with van der Waals surface area (Å²) < 4.78 is 23.7. The molecule has 64 valence electrons. The molecule has 0 bridgehead atoms. The summed E-state index contributed by atoms with van der Waals surface area (Å²) in [6, 6.07) is 0. The first-order valence-corrected chi connectivity index (χ1v) is 3.07. The molecule has 0 rings (SSSR count). The fourth-order valence-electron chi connectivity index (χ4n) is 0.666. The summed E-state index contributed by atoms with van der Waals surface area (Å²) in [5.41, 5.74) is 5.09. The maximum absolute atomic E-state index is 11.9. The first-order chi connectivity index (χ1) is 4.09. The molecule has 0 saturated carbocycles. The maximum atomic E-state index is 11.9. The third-order valence-electron chi connectivity index (χ3n) is 1.45. The van der Waals surface area contributed by atoms with Gasteiger partial charge in [-0.15, -0.1) is 12.4 Å². The zero-order chi connectivity index (χ0) is 7.44. The zero-order valence-electron chi connectivity index (χ0n) is 6.18. The van der Waals surface area contributed by atoms with E-state index in [1.54, 1.807) is 13.8 Å². The van der Waals surface area contributed by atoms with Gasteiger partial charge in [-0.05, 0) is 5.92 Å². The van der Waals surface area contributed by atoms with Gasteiger partial charge in [0.25, 0.3) is 0 Å². The van der Waals surface area contributed by atoms with Crippen molar-refractivity contribution in [2.24, 2.45) is 17.6 Å². The SMILES string of the molecule is CC(C)C(CN)C(F)F.Cl. The molecule has 0 fully saturated rings. The van der Waals surface area contributed by atoms with Crippen LogP contribution in [0.4, 0.5) is 8.78 Å². The molecule has 0 aromatic carbocycles. The van der Waals surface area contributed by atoms with Gasteiger partial charge in [0.2, 0.25) is 6.43 Å². The molecular formula is C6H14ClF2N. The summed E-state index contributed by atoms with van der Waals surface area (Å²) >= 11 is 0. The Bertz CT molecular complexity index is 70.1. The van der Waals surface area contributed by atoms with Crippen LogP contribution < -0.4 is 5.73 Å². The molecule has 0 aliphatic heterocycles. The van der Waals surface area contributed by atoms with Gasteiger partial charge in [0, 0.05) is 12.5 Å². The van der Waals surface area contributed by atoms with E-state index in [1.807, 2.05) is 0 Å². The van der Waals surface area contributed by atoms with Crippen LogP contribution in [0.5, 0.6) is 0 Å². The molecule has 0 amide bonds. The first kappa shape index (κ1) is 12.8. The van der Waals surface area contributed by atoms with Crippen LogP contribution in [0.25, 0.3) is 0 Å². The molecule has 0 spiro atoms. The predicted molar refractivity (Wildman–Crippen MR) is 40.6 cm³/mol. The highest BCUT2D eigenvalue weighted by Crippen LogP contribution is 2.17. The largest absolute Gasteiger partial charge is 0.330 e. The van der Waals surface area contributed by atoms with Crippen molar-refractivity contribution in [3.8, 4) is 0 Å². The lowest BCUT2D eigenvalue weighted by Gasteiger charge is -2.16. The molecule has 0 aromatic rings. The normalized spacial score (nSPS) is 13.5. The lowest BCUT2D eigenvalue weighted by atomic mass is 9.97. The Labute approximate surface area is 66.4 Å². The van der Waals surface area contributed by atoms with E-state index in [4.69, 9.17) is 5.73 Å². The third kappa shape index (κ3) is 4.01. The molecule has 10 heavy (non-hydrogen) atoms. The van der Waals surface area contributed by atoms with Crippen LogP contribution in [-0.4, -0.2) is 13.0 Å². The second-order valence-corrected chi connectivity index (χ2v) is 2.48. The van der Waals surface area contributed by atoms with Gasteiger partial charge in [-0.1, -0.05) is 13.8 Å². The van der Waals surface area contributed by atoms with Gasteiger partial charge in [-0.3, -0.25) is 0 Å². The molecule has 0 saturated heterocycles. The Kier molecular flexibility index (Phi) is 7.48. The summed E-state index contributed by atoms with van der Waals surface area (Å²) in [6.07, 6.45) is -2.27. The van der Waals surface area contributed by atoms with Crippen molar-refractivity contribution < 1.29 is 8.78 Å². The molecule has 1 nitrogen and oxygen atoms in total. The molecule has 1 unspecified atom stereocenters. The third-order valence-corrected chi connectivity index (χ3v) is 1.45. The molecular weight excluding hydrogens is 160 g/mol. The zero-order valence-corrected chi connectivity index (χ0v) is 7.00. The molecule has 0 aromatic heterocycles. The Balaban J connectivity index is 0. The van der Waals surface area contributed by atoms with Gasteiger partial charge < -0.3 is 5.73 Å². The van der Waals surface area contributed by atoms with Crippen LogP contribution >= 0.6 is 12.4 Å². The van der Waals surface area contributed by atoms with Crippen molar-refractivity contribution >= 4 is 12.4 Å². The van der Waals surface area contributed by atoms with Crippen LogP contribution in [0, 0.1) is 11.8 Å². The van der Waals surface area contributed by atoms with Crippen LogP contribution in [0.15, 0.2) is 0 Å². The summed E-state index contributed by atoms with van der Waals surface area (Å²) in [5, 5.41) is 0. The van der Waals surface area contributed by atoms with Gasteiger partial charge in [-0.25, -0.2) is 8.78 Å². The Morgan fingerprint density at radius 1 is 1.30 bits per heavy atom. The van der Waals surface area contributed by atoms with Crippen molar-refractivity contribution in [2.45, 2.75) is 20.3 Å². The second-order valence-electron chi connectivity index (χ2n) is 2.48. The van der Waals surface area contributed by atoms with E-state index >= 15 is 0 Å². The van der Waals surface area contributed by atoms with Gasteiger partial charge in [0.1, 0.15) is 0 Å². The number of hydrogen-bond acceptors (Lipinski definition) is 1. The Morgan fingerprint density at radius 3 is 1.70 bits per heavy atom. The molecule has 2 N–H and O–H groups in total. The van der Waals surface area contributed by atoms with Crippen molar-refractivity contribution in [1.82, 2.24) is 0 Å². The maximum Gasteiger partial charge on any atom is 0.242 e. The van der Waals surface area contributed by atoms with E-state index in [1.165, 1.54) is 0 Å². The highest BCUT2D eigenvalue weighted by molar-refractivity contribution is 5.85. The minimum absolute atomic E-state index is 0. The quantitative estimate of drug-likeness (QED) is 0.693. The Morgan fingerprint density at radius 2 is 1.70 bits per heavy atom. The number of nitrogens with two attached hydrogens (primary N) is 1. The summed E-state index contributed by atoms with van der Waals surface area (Å²) in [4.78, 5) is 0. The number of alkyl halides is 2. The number of hydrogen-bond donors (Lipinski definition) is 1. The summed E-state index contributed by atoms with van der Waals surface area (Å²) in [6.45, 7) is 3.59. The average molecular weight is 174 g/mol. The Hall–Kier alpha value is 0.110. The highest BCUT2D eigenvalue weighted by atomic mass is 35.5. The average Bonchev–Trinajstić information content (AvgIpc) is 1.64. The van der Waals surface area contributed by atoms with E-state index in [2.05, 4.69) is 0 Å². The number of halogens is 3. The van der Waals surface area contributed by atoms with Gasteiger partial charge in [0.15, 0.2) is 0 Å². The molecule has 1 atom stereocenters. The van der Waals surface area contributed by atoms with Gasteiger partial charge >= 0.3 is 0 Å². The highest BCUT2D eigenvalue weighted by Gasteiger charge is 2.21. The lowest BCUT2D eigenvalue weighted by molar-refractivity contribution is 0.0570. The minimum atomic E-state index is -2.27. The molecule has 0 aliphatic rings. The predicted octanol–water partition coefficient (Wildman–Crippen LogP) is 1.90. The second kappa shape index (κ2) is 5.86. The van der Waals surface area contributed by atoms with Crippen LogP contribution in [0.1, 0.15) is 13.8 Å². The molecule has 4 heteroatoms. The van der Waals surface area contributed by atoms with Crippen molar-refractivity contribution in [3.05, 3.63) is 0 Å². The topological polar surface area (TPSA) is 26.0 Å².